The summed E-state index contributed by atoms with van der Waals surface area (Å²) in [5.74, 6) is 0.0579. The van der Waals surface area contributed by atoms with Crippen LogP contribution in [0.15, 0.2) is 83.4 Å². The second-order valence-corrected chi connectivity index (χ2v) is 8.96. The molecule has 7 nitrogen and oxygen atoms in total. The van der Waals surface area contributed by atoms with E-state index in [1.54, 1.807) is 55.0 Å². The Morgan fingerprint density at radius 2 is 1.89 bits per heavy atom. The fourth-order valence-corrected chi connectivity index (χ4v) is 3.94. The molecule has 0 radical (unpaired) electrons. The third-order valence-corrected chi connectivity index (χ3v) is 5.90. The van der Waals surface area contributed by atoms with Gasteiger partial charge in [0.25, 0.3) is 11.8 Å². The third-order valence-electron chi connectivity index (χ3n) is 5.35. The standard InChI is InChI=1S/C27H24Cl2N4O3/c1-18-3-5-19(6-4-18)26(34)32-24(27(35)31-11-2-13-33-14-12-30-17-33)16-21-8-10-25(36-21)22-9-7-20(28)15-23(22)29/h3-10,12,14-17H,2,11,13H2,1H3,(H,31,35)(H,32,34). The van der Waals surface area contributed by atoms with E-state index in [2.05, 4.69) is 15.6 Å². The quantitative estimate of drug-likeness (QED) is 0.217. The van der Waals surface area contributed by atoms with Crippen molar-refractivity contribution in [3.63, 3.8) is 0 Å². The zero-order valence-electron chi connectivity index (χ0n) is 19.5. The molecule has 2 amide bonds. The number of furan rings is 1. The molecule has 0 saturated heterocycles. The zero-order chi connectivity index (χ0) is 25.5. The van der Waals surface area contributed by atoms with Crippen molar-refractivity contribution in [2.45, 2.75) is 19.9 Å². The summed E-state index contributed by atoms with van der Waals surface area (Å²) in [5.41, 5.74) is 2.19. The molecule has 0 aliphatic rings. The third kappa shape index (κ3) is 6.65. The maximum absolute atomic E-state index is 13.0. The fraction of sp³-hybridized carbons (Fsp3) is 0.148. The zero-order valence-corrected chi connectivity index (χ0v) is 21.0. The van der Waals surface area contributed by atoms with Gasteiger partial charge in [0.2, 0.25) is 0 Å². The highest BCUT2D eigenvalue weighted by atomic mass is 35.5. The van der Waals surface area contributed by atoms with Gasteiger partial charge in [-0.15, -0.1) is 0 Å². The minimum Gasteiger partial charge on any atom is -0.457 e. The smallest absolute Gasteiger partial charge is 0.267 e. The summed E-state index contributed by atoms with van der Waals surface area (Å²) in [6.07, 6.45) is 7.47. The van der Waals surface area contributed by atoms with Crippen molar-refractivity contribution in [3.8, 4) is 11.3 Å². The average Bonchev–Trinajstić information content (AvgIpc) is 3.54. The molecule has 0 unspecified atom stereocenters. The van der Waals surface area contributed by atoms with Gasteiger partial charge >= 0.3 is 0 Å². The van der Waals surface area contributed by atoms with Crippen LogP contribution in [0.2, 0.25) is 10.0 Å². The summed E-state index contributed by atoms with van der Waals surface area (Å²) >= 11 is 12.3. The van der Waals surface area contributed by atoms with Gasteiger partial charge in [-0.05, 0) is 55.8 Å². The lowest BCUT2D eigenvalue weighted by Gasteiger charge is -2.11. The van der Waals surface area contributed by atoms with Gasteiger partial charge in [0.15, 0.2) is 0 Å². The van der Waals surface area contributed by atoms with Crippen LogP contribution < -0.4 is 10.6 Å². The molecular weight excluding hydrogens is 499 g/mol. The van der Waals surface area contributed by atoms with Gasteiger partial charge in [0, 0.05) is 47.7 Å². The summed E-state index contributed by atoms with van der Waals surface area (Å²) in [4.78, 5) is 29.9. The number of nitrogens with zero attached hydrogens (tertiary/aromatic N) is 2. The first-order valence-corrected chi connectivity index (χ1v) is 12.0. The molecule has 4 rings (SSSR count). The lowest BCUT2D eigenvalue weighted by atomic mass is 10.1. The summed E-state index contributed by atoms with van der Waals surface area (Å²) in [6.45, 7) is 3.06. The molecule has 4 aromatic rings. The minimum atomic E-state index is -0.427. The van der Waals surface area contributed by atoms with Crippen LogP contribution in [0.4, 0.5) is 0 Å². The number of amides is 2. The maximum atomic E-state index is 13.0. The fourth-order valence-electron chi connectivity index (χ4n) is 3.44. The molecule has 2 heterocycles. The van der Waals surface area contributed by atoms with Crippen molar-refractivity contribution >= 4 is 41.1 Å². The topological polar surface area (TPSA) is 89.2 Å². The van der Waals surface area contributed by atoms with E-state index in [-0.39, 0.29) is 5.70 Å². The Morgan fingerprint density at radius 1 is 1.08 bits per heavy atom. The molecule has 36 heavy (non-hydrogen) atoms. The van der Waals surface area contributed by atoms with Crippen LogP contribution in [0.25, 0.3) is 17.4 Å². The molecule has 2 N–H and O–H groups in total. The van der Waals surface area contributed by atoms with Crippen molar-refractivity contribution in [1.29, 1.82) is 0 Å². The Bertz CT molecular complexity index is 1380. The van der Waals surface area contributed by atoms with E-state index in [0.717, 1.165) is 5.56 Å². The molecule has 0 aliphatic heterocycles. The van der Waals surface area contributed by atoms with E-state index in [9.17, 15) is 9.59 Å². The van der Waals surface area contributed by atoms with Gasteiger partial charge in [-0.25, -0.2) is 4.98 Å². The highest BCUT2D eigenvalue weighted by Gasteiger charge is 2.16. The largest absolute Gasteiger partial charge is 0.457 e. The number of hydrogen-bond acceptors (Lipinski definition) is 4. The molecule has 0 fully saturated rings. The number of nitrogens with one attached hydrogen (secondary N) is 2. The summed E-state index contributed by atoms with van der Waals surface area (Å²) in [7, 11) is 0. The first kappa shape index (κ1) is 25.3. The number of hydrogen-bond donors (Lipinski definition) is 2. The van der Waals surface area contributed by atoms with E-state index in [1.807, 2.05) is 29.8 Å². The lowest BCUT2D eigenvalue weighted by Crippen LogP contribution is -2.35. The van der Waals surface area contributed by atoms with Crippen molar-refractivity contribution in [3.05, 3.63) is 106 Å². The van der Waals surface area contributed by atoms with E-state index in [1.165, 1.54) is 6.08 Å². The second-order valence-electron chi connectivity index (χ2n) is 8.11. The number of aryl methyl sites for hydroxylation is 2. The van der Waals surface area contributed by atoms with E-state index < -0.39 is 11.8 Å². The predicted molar refractivity (Wildman–Crippen MR) is 141 cm³/mol. The SMILES string of the molecule is Cc1ccc(C(=O)NC(=Cc2ccc(-c3ccc(Cl)cc3Cl)o2)C(=O)NCCCn2ccnc2)cc1. The Hall–Kier alpha value is -3.81. The van der Waals surface area contributed by atoms with Crippen LogP contribution in [0, 0.1) is 6.92 Å². The highest BCUT2D eigenvalue weighted by molar-refractivity contribution is 6.36. The van der Waals surface area contributed by atoms with Crippen LogP contribution in [0.3, 0.4) is 0 Å². The number of imidazole rings is 1. The van der Waals surface area contributed by atoms with Crippen molar-refractivity contribution in [2.75, 3.05) is 6.54 Å². The van der Waals surface area contributed by atoms with Gasteiger partial charge in [0.1, 0.15) is 17.2 Å². The molecule has 0 saturated carbocycles. The van der Waals surface area contributed by atoms with E-state index in [4.69, 9.17) is 27.6 Å². The number of carbonyl (C=O) groups is 2. The molecule has 2 aromatic carbocycles. The van der Waals surface area contributed by atoms with Crippen LogP contribution in [-0.2, 0) is 11.3 Å². The average molecular weight is 523 g/mol. The molecule has 2 aromatic heterocycles. The first-order chi connectivity index (χ1) is 17.4. The molecule has 9 heteroatoms. The molecule has 0 bridgehead atoms. The van der Waals surface area contributed by atoms with Crippen LogP contribution in [0.5, 0.6) is 0 Å². The Kier molecular flexibility index (Phi) is 8.25. The van der Waals surface area contributed by atoms with Crippen LogP contribution in [-0.4, -0.2) is 27.9 Å². The Morgan fingerprint density at radius 3 is 2.61 bits per heavy atom. The number of carbonyl (C=O) groups excluding carboxylic acids is 2. The Labute approximate surface area is 218 Å². The molecule has 0 atom stereocenters. The number of benzene rings is 2. The second kappa shape index (κ2) is 11.7. The minimum absolute atomic E-state index is 0.0614. The van der Waals surface area contributed by atoms with Gasteiger partial charge < -0.3 is 19.6 Å². The van der Waals surface area contributed by atoms with Crippen molar-refractivity contribution < 1.29 is 14.0 Å². The summed E-state index contributed by atoms with van der Waals surface area (Å²) < 4.78 is 7.83. The van der Waals surface area contributed by atoms with Gasteiger partial charge in [-0.3, -0.25) is 9.59 Å². The number of halogens is 2. The van der Waals surface area contributed by atoms with Gasteiger partial charge in [0.05, 0.1) is 11.3 Å². The van der Waals surface area contributed by atoms with E-state index >= 15 is 0 Å². The lowest BCUT2D eigenvalue weighted by molar-refractivity contribution is -0.117. The Balaban J connectivity index is 1.52. The molecule has 0 spiro atoms. The van der Waals surface area contributed by atoms with Crippen molar-refractivity contribution in [2.24, 2.45) is 0 Å². The molecule has 184 valence electrons. The van der Waals surface area contributed by atoms with Gasteiger partial charge in [-0.1, -0.05) is 40.9 Å². The number of rotatable bonds is 9. The van der Waals surface area contributed by atoms with Gasteiger partial charge in [-0.2, -0.15) is 0 Å². The maximum Gasteiger partial charge on any atom is 0.267 e. The number of aromatic nitrogens is 2. The van der Waals surface area contributed by atoms with E-state index in [0.29, 0.717) is 52.2 Å². The normalized spacial score (nSPS) is 11.4. The predicted octanol–water partition coefficient (Wildman–Crippen LogP) is 5.74. The van der Waals surface area contributed by atoms with Crippen LogP contribution in [0.1, 0.15) is 28.1 Å². The van der Waals surface area contributed by atoms with Crippen LogP contribution >= 0.6 is 23.2 Å². The van der Waals surface area contributed by atoms with Crippen molar-refractivity contribution in [1.82, 2.24) is 20.2 Å². The first-order valence-electron chi connectivity index (χ1n) is 11.3. The highest BCUT2D eigenvalue weighted by Crippen LogP contribution is 2.32. The summed E-state index contributed by atoms with van der Waals surface area (Å²) in [5, 5.41) is 6.52. The molecule has 0 aliphatic carbocycles. The monoisotopic (exact) mass is 522 g/mol. The molecular formula is C27H24Cl2N4O3. The summed E-state index contributed by atoms with van der Waals surface area (Å²) in [6, 6.07) is 15.6.